The third kappa shape index (κ3) is 2.53. The number of aromatic nitrogens is 1. The van der Waals surface area contributed by atoms with E-state index in [0.29, 0.717) is 5.88 Å². The van der Waals surface area contributed by atoms with Crippen molar-refractivity contribution in [3.05, 3.63) is 51.7 Å². The van der Waals surface area contributed by atoms with Gasteiger partial charge in [-0.3, -0.25) is 0 Å². The van der Waals surface area contributed by atoms with E-state index in [9.17, 15) is 0 Å². The van der Waals surface area contributed by atoms with Crippen molar-refractivity contribution in [2.75, 3.05) is 0 Å². The maximum Gasteiger partial charge on any atom is 0.134 e. The van der Waals surface area contributed by atoms with Gasteiger partial charge in [0.05, 0.1) is 16.5 Å². The van der Waals surface area contributed by atoms with Gasteiger partial charge in [0.1, 0.15) is 5.01 Å². The Morgan fingerprint density at radius 3 is 2.65 bits per heavy atom. The minimum Gasteiger partial charge on any atom is -0.235 e. The zero-order chi connectivity index (χ0) is 14.1. The summed E-state index contributed by atoms with van der Waals surface area (Å²) in [5.74, 6) is 0.505. The van der Waals surface area contributed by atoms with Crippen LogP contribution in [-0.4, -0.2) is 4.98 Å². The van der Waals surface area contributed by atoms with E-state index in [4.69, 9.17) is 16.6 Å². The van der Waals surface area contributed by atoms with Crippen molar-refractivity contribution in [1.82, 2.24) is 4.98 Å². The van der Waals surface area contributed by atoms with E-state index in [1.807, 2.05) is 0 Å². The van der Waals surface area contributed by atoms with Crippen LogP contribution in [0.5, 0.6) is 0 Å². The van der Waals surface area contributed by atoms with Gasteiger partial charge in [0, 0.05) is 10.4 Å². The lowest BCUT2D eigenvalue weighted by Crippen LogP contribution is -1.86. The molecule has 20 heavy (non-hydrogen) atoms. The zero-order valence-electron chi connectivity index (χ0n) is 11.3. The van der Waals surface area contributed by atoms with Crippen molar-refractivity contribution < 1.29 is 0 Å². The Hall–Kier alpha value is -1.16. The number of hydrogen-bond donors (Lipinski definition) is 0. The van der Waals surface area contributed by atoms with Crippen LogP contribution in [-0.2, 0) is 5.88 Å². The van der Waals surface area contributed by atoms with Crippen LogP contribution in [0.1, 0.15) is 16.0 Å². The lowest BCUT2D eigenvalue weighted by atomic mass is 10.0. The second kappa shape index (κ2) is 5.68. The van der Waals surface area contributed by atoms with Crippen LogP contribution in [0.2, 0.25) is 0 Å². The first-order chi connectivity index (χ1) is 9.69. The molecule has 0 radical (unpaired) electrons. The molecule has 0 bridgehead atoms. The number of hydrogen-bond acceptors (Lipinski definition) is 3. The van der Waals surface area contributed by atoms with Gasteiger partial charge < -0.3 is 0 Å². The van der Waals surface area contributed by atoms with Crippen molar-refractivity contribution in [3.63, 3.8) is 0 Å². The van der Waals surface area contributed by atoms with E-state index < -0.39 is 0 Å². The summed E-state index contributed by atoms with van der Waals surface area (Å²) in [6.07, 6.45) is 0. The van der Waals surface area contributed by atoms with Crippen LogP contribution in [0, 0.1) is 13.8 Å². The Kier molecular flexibility index (Phi) is 3.92. The molecule has 0 unspecified atom stereocenters. The van der Waals surface area contributed by atoms with Gasteiger partial charge in [-0.15, -0.1) is 34.3 Å². The second-order valence-electron chi connectivity index (χ2n) is 4.70. The first kappa shape index (κ1) is 13.8. The van der Waals surface area contributed by atoms with Crippen molar-refractivity contribution in [2.24, 2.45) is 0 Å². The van der Waals surface area contributed by atoms with Gasteiger partial charge in [-0.05, 0) is 42.5 Å². The summed E-state index contributed by atoms with van der Waals surface area (Å²) in [7, 11) is 0. The van der Waals surface area contributed by atoms with Crippen LogP contribution in [0.3, 0.4) is 0 Å². The molecule has 0 aliphatic rings. The quantitative estimate of drug-likeness (QED) is 0.548. The molecular weight excluding hydrogens is 306 g/mol. The van der Waals surface area contributed by atoms with Crippen LogP contribution < -0.4 is 0 Å². The molecule has 1 aromatic carbocycles. The maximum absolute atomic E-state index is 6.10. The fraction of sp³-hybridized carbons (Fsp3) is 0.188. The Labute approximate surface area is 131 Å². The Morgan fingerprint density at radius 2 is 2.00 bits per heavy atom. The molecule has 0 fully saturated rings. The molecule has 0 saturated carbocycles. The van der Waals surface area contributed by atoms with E-state index in [1.165, 1.54) is 16.0 Å². The van der Waals surface area contributed by atoms with E-state index in [0.717, 1.165) is 21.1 Å². The molecule has 4 heteroatoms. The summed E-state index contributed by atoms with van der Waals surface area (Å²) in [6.45, 7) is 4.26. The molecule has 0 spiro atoms. The summed E-state index contributed by atoms with van der Waals surface area (Å²) in [4.78, 5) is 7.15. The number of nitrogens with zero attached hydrogens (tertiary/aromatic N) is 1. The topological polar surface area (TPSA) is 12.9 Å². The monoisotopic (exact) mass is 319 g/mol. The molecule has 0 saturated heterocycles. The third-order valence-corrected chi connectivity index (χ3v) is 5.85. The van der Waals surface area contributed by atoms with Gasteiger partial charge in [0.25, 0.3) is 0 Å². The largest absolute Gasteiger partial charge is 0.235 e. The number of thiophene rings is 1. The molecule has 0 aliphatic heterocycles. The van der Waals surface area contributed by atoms with Crippen molar-refractivity contribution in [1.29, 1.82) is 0 Å². The van der Waals surface area contributed by atoms with E-state index in [2.05, 4.69) is 49.6 Å². The molecule has 0 atom stereocenters. The van der Waals surface area contributed by atoms with Crippen LogP contribution in [0.25, 0.3) is 21.1 Å². The number of thiazole rings is 1. The number of rotatable bonds is 3. The lowest BCUT2D eigenvalue weighted by molar-refractivity contribution is 1.31. The highest BCUT2D eigenvalue weighted by molar-refractivity contribution is 7.21. The molecule has 0 amide bonds. The van der Waals surface area contributed by atoms with Crippen LogP contribution >= 0.6 is 34.3 Å². The predicted molar refractivity (Wildman–Crippen MR) is 89.9 cm³/mol. The second-order valence-corrected chi connectivity index (χ2v) is 7.00. The molecule has 0 N–H and O–H groups in total. The molecule has 102 valence electrons. The van der Waals surface area contributed by atoms with Gasteiger partial charge >= 0.3 is 0 Å². The molecule has 2 heterocycles. The molecule has 3 rings (SSSR count). The van der Waals surface area contributed by atoms with Crippen LogP contribution in [0.4, 0.5) is 0 Å². The van der Waals surface area contributed by atoms with Gasteiger partial charge in [-0.1, -0.05) is 18.2 Å². The highest BCUT2D eigenvalue weighted by Gasteiger charge is 2.14. The van der Waals surface area contributed by atoms with E-state index in [-0.39, 0.29) is 0 Å². The normalized spacial score (nSPS) is 10.9. The number of aryl methyl sites for hydroxylation is 2. The fourth-order valence-electron chi connectivity index (χ4n) is 2.06. The zero-order valence-corrected chi connectivity index (χ0v) is 13.7. The van der Waals surface area contributed by atoms with Gasteiger partial charge in [-0.2, -0.15) is 0 Å². The lowest BCUT2D eigenvalue weighted by Gasteiger charge is -2.04. The van der Waals surface area contributed by atoms with Crippen molar-refractivity contribution in [3.8, 4) is 21.1 Å². The number of halogens is 1. The summed E-state index contributed by atoms with van der Waals surface area (Å²) in [6, 6.07) is 10.6. The van der Waals surface area contributed by atoms with Crippen molar-refractivity contribution in [2.45, 2.75) is 19.7 Å². The van der Waals surface area contributed by atoms with Gasteiger partial charge in [0.2, 0.25) is 0 Å². The highest BCUT2D eigenvalue weighted by atomic mass is 35.5. The number of alkyl halides is 1. The summed E-state index contributed by atoms with van der Waals surface area (Å²) in [5, 5.41) is 3.14. The first-order valence-corrected chi connectivity index (χ1v) is 8.59. The van der Waals surface area contributed by atoms with Crippen LogP contribution in [0.15, 0.2) is 35.7 Å². The molecule has 0 aliphatic carbocycles. The fourth-order valence-corrected chi connectivity index (χ4v) is 4.08. The van der Waals surface area contributed by atoms with E-state index in [1.54, 1.807) is 22.7 Å². The van der Waals surface area contributed by atoms with Crippen molar-refractivity contribution >= 4 is 34.3 Å². The minimum atomic E-state index is 0.505. The average molecular weight is 320 g/mol. The predicted octanol–water partition coefficient (Wildman–Crippen LogP) is 5.89. The summed E-state index contributed by atoms with van der Waals surface area (Å²) >= 11 is 9.51. The smallest absolute Gasteiger partial charge is 0.134 e. The van der Waals surface area contributed by atoms with Gasteiger partial charge in [0.15, 0.2) is 0 Å². The molecular formula is C16H14ClNS2. The molecule has 2 aromatic heterocycles. The summed E-state index contributed by atoms with van der Waals surface area (Å²) < 4.78 is 0. The minimum absolute atomic E-state index is 0.505. The highest BCUT2D eigenvalue weighted by Crippen LogP contribution is 2.36. The third-order valence-electron chi connectivity index (χ3n) is 3.33. The SMILES string of the molecule is Cc1ccc(-c2nc(-c3cccs3)sc2CCl)cc1C. The maximum atomic E-state index is 6.10. The van der Waals surface area contributed by atoms with E-state index >= 15 is 0 Å². The Morgan fingerprint density at radius 1 is 1.15 bits per heavy atom. The Bertz CT molecular complexity index is 729. The summed E-state index contributed by atoms with van der Waals surface area (Å²) in [5.41, 5.74) is 4.77. The van der Waals surface area contributed by atoms with Gasteiger partial charge in [-0.25, -0.2) is 4.98 Å². The standard InChI is InChI=1S/C16H14ClNS2/c1-10-5-6-12(8-11(10)2)15-14(9-17)20-16(18-15)13-4-3-7-19-13/h3-8H,9H2,1-2H3. The number of benzene rings is 1. The first-order valence-electron chi connectivity index (χ1n) is 6.36. The average Bonchev–Trinajstić information content (AvgIpc) is 3.09. The Balaban J connectivity index is 2.10. The molecule has 1 nitrogen and oxygen atoms in total. The molecule has 3 aromatic rings.